The number of hydrogen-bond acceptors (Lipinski definition) is 7. The summed E-state index contributed by atoms with van der Waals surface area (Å²) in [7, 11) is 0. The molecule has 0 aliphatic carbocycles. The summed E-state index contributed by atoms with van der Waals surface area (Å²) in [6.07, 6.45) is 2.09. The maximum Gasteiger partial charge on any atom is 0.408 e. The molecule has 2 fully saturated rings. The molecule has 2 bridgehead atoms. The number of ether oxygens (including phenoxy) is 1. The van der Waals surface area contributed by atoms with Crippen molar-refractivity contribution in [3.8, 4) is 11.4 Å². The van der Waals surface area contributed by atoms with E-state index >= 15 is 0 Å². The normalized spacial score (nSPS) is 19.1. The Labute approximate surface area is 214 Å². The van der Waals surface area contributed by atoms with Crippen molar-refractivity contribution in [1.82, 2.24) is 24.7 Å². The lowest BCUT2D eigenvalue weighted by Gasteiger charge is -2.33. The molecule has 2 saturated heterocycles. The van der Waals surface area contributed by atoms with Crippen molar-refractivity contribution in [3.05, 3.63) is 55.0 Å². The van der Waals surface area contributed by atoms with Gasteiger partial charge in [-0.15, -0.1) is 0 Å². The van der Waals surface area contributed by atoms with E-state index in [9.17, 15) is 18.0 Å². The third-order valence-electron chi connectivity index (χ3n) is 6.47. The van der Waals surface area contributed by atoms with Crippen molar-refractivity contribution in [2.45, 2.75) is 37.8 Å². The SMILES string of the molecule is O=C(Nc1ccc(-c2nc(N3C[C@H]4CC[C@@H](C3)O4)c3cnn(CC(F)(F)F)c3n2)cc1)Nc1cccnc1. The number of amides is 2. The molecule has 13 heteroatoms. The number of morpholine rings is 1. The zero-order valence-corrected chi connectivity index (χ0v) is 20.0. The van der Waals surface area contributed by atoms with Crippen LogP contribution in [0.4, 0.5) is 35.2 Å². The van der Waals surface area contributed by atoms with Gasteiger partial charge >= 0.3 is 12.2 Å². The van der Waals surface area contributed by atoms with E-state index < -0.39 is 18.8 Å². The van der Waals surface area contributed by atoms with Crippen molar-refractivity contribution >= 4 is 34.3 Å². The number of halogens is 3. The van der Waals surface area contributed by atoms with Crippen molar-refractivity contribution < 1.29 is 22.7 Å². The zero-order valence-electron chi connectivity index (χ0n) is 20.0. The van der Waals surface area contributed by atoms with Crippen LogP contribution in [0.25, 0.3) is 22.4 Å². The number of benzene rings is 1. The summed E-state index contributed by atoms with van der Waals surface area (Å²) in [5.41, 5.74) is 1.76. The van der Waals surface area contributed by atoms with Gasteiger partial charge in [-0.3, -0.25) is 4.98 Å². The van der Waals surface area contributed by atoms with Gasteiger partial charge in [0.05, 0.1) is 35.7 Å². The van der Waals surface area contributed by atoms with Gasteiger partial charge < -0.3 is 20.3 Å². The third-order valence-corrected chi connectivity index (χ3v) is 6.47. The number of fused-ring (bicyclic) bond motifs is 3. The minimum absolute atomic E-state index is 0.0654. The van der Waals surface area contributed by atoms with Crippen LogP contribution in [0.1, 0.15) is 12.8 Å². The Morgan fingerprint density at radius 3 is 2.42 bits per heavy atom. The van der Waals surface area contributed by atoms with Crippen LogP contribution in [0.3, 0.4) is 0 Å². The minimum Gasteiger partial charge on any atom is -0.371 e. The van der Waals surface area contributed by atoms with Crippen LogP contribution in [0.5, 0.6) is 0 Å². The summed E-state index contributed by atoms with van der Waals surface area (Å²) in [5.74, 6) is 0.804. The van der Waals surface area contributed by atoms with Gasteiger partial charge in [-0.05, 0) is 49.2 Å². The highest BCUT2D eigenvalue weighted by molar-refractivity contribution is 5.99. The van der Waals surface area contributed by atoms with Gasteiger partial charge in [0.2, 0.25) is 0 Å². The van der Waals surface area contributed by atoms with E-state index in [-0.39, 0.29) is 23.7 Å². The second-order valence-electron chi connectivity index (χ2n) is 9.29. The highest BCUT2D eigenvalue weighted by Gasteiger charge is 2.36. The quantitative estimate of drug-likeness (QED) is 0.397. The molecule has 0 saturated carbocycles. The van der Waals surface area contributed by atoms with Gasteiger partial charge in [-0.25, -0.2) is 19.4 Å². The fourth-order valence-corrected chi connectivity index (χ4v) is 4.82. The molecule has 4 aromatic rings. The van der Waals surface area contributed by atoms with E-state index in [1.165, 1.54) is 12.4 Å². The summed E-state index contributed by atoms with van der Waals surface area (Å²) in [6.45, 7) is -0.0571. The van der Waals surface area contributed by atoms with Crippen LogP contribution in [0, 0.1) is 0 Å². The molecule has 10 nitrogen and oxygen atoms in total. The Bertz CT molecular complexity index is 1450. The first-order valence-electron chi connectivity index (χ1n) is 12.1. The molecule has 2 N–H and O–H groups in total. The Morgan fingerprint density at radius 1 is 1.00 bits per heavy atom. The number of aromatic nitrogens is 5. The monoisotopic (exact) mass is 524 g/mol. The smallest absolute Gasteiger partial charge is 0.371 e. The number of pyridine rings is 1. The molecule has 6 rings (SSSR count). The molecule has 2 atom stereocenters. The van der Waals surface area contributed by atoms with E-state index in [1.807, 2.05) is 0 Å². The van der Waals surface area contributed by atoms with Crippen LogP contribution in [-0.2, 0) is 11.3 Å². The molecular weight excluding hydrogens is 501 g/mol. The summed E-state index contributed by atoms with van der Waals surface area (Å²) >= 11 is 0. The van der Waals surface area contributed by atoms with Crippen molar-refractivity contribution in [3.63, 3.8) is 0 Å². The molecule has 0 spiro atoms. The lowest BCUT2D eigenvalue weighted by atomic mass is 10.2. The molecular formula is C25H23F3N8O2. The fourth-order valence-electron chi connectivity index (χ4n) is 4.82. The number of urea groups is 1. The first-order chi connectivity index (χ1) is 18.3. The molecule has 1 aromatic carbocycles. The molecule has 2 aliphatic heterocycles. The highest BCUT2D eigenvalue weighted by atomic mass is 19.4. The minimum atomic E-state index is -4.45. The lowest BCUT2D eigenvalue weighted by Crippen LogP contribution is -2.43. The van der Waals surface area contributed by atoms with Gasteiger partial charge in [0.25, 0.3) is 0 Å². The third kappa shape index (κ3) is 5.09. The van der Waals surface area contributed by atoms with Gasteiger partial charge in [0.15, 0.2) is 11.5 Å². The number of anilines is 3. The van der Waals surface area contributed by atoms with Gasteiger partial charge in [-0.2, -0.15) is 18.3 Å². The number of carbonyl (C=O) groups excluding carboxylic acids is 1. The average molecular weight is 525 g/mol. The predicted octanol–water partition coefficient (Wildman–Crippen LogP) is 4.46. The fraction of sp³-hybridized carbons (Fsp3) is 0.320. The first kappa shape index (κ1) is 24.1. The maximum atomic E-state index is 13.2. The second-order valence-corrected chi connectivity index (χ2v) is 9.29. The van der Waals surface area contributed by atoms with Crippen LogP contribution in [0.2, 0.25) is 0 Å². The summed E-state index contributed by atoms with van der Waals surface area (Å²) in [6, 6.07) is 9.74. The number of hydrogen-bond donors (Lipinski definition) is 2. The number of rotatable bonds is 5. The Balaban J connectivity index is 1.30. The second kappa shape index (κ2) is 9.56. The van der Waals surface area contributed by atoms with E-state index in [2.05, 4.69) is 30.6 Å². The standard InChI is InChI=1S/C25H23F3N8O2/c26-25(27,28)14-36-23-20(11-30-36)22(35-12-18-7-8-19(13-35)38-18)33-21(34-23)15-3-5-16(6-4-15)31-24(37)32-17-2-1-9-29-10-17/h1-6,9-11,18-19H,7-8,12-14H2,(H2,31,32,37)/t18-,19+. The first-order valence-corrected chi connectivity index (χ1v) is 12.1. The topological polar surface area (TPSA) is 110 Å². The molecule has 2 aliphatic rings. The van der Waals surface area contributed by atoms with Crippen molar-refractivity contribution in [1.29, 1.82) is 0 Å². The van der Waals surface area contributed by atoms with E-state index in [0.717, 1.165) is 17.5 Å². The van der Waals surface area contributed by atoms with Crippen LogP contribution in [-0.4, -0.2) is 62.2 Å². The zero-order chi connectivity index (χ0) is 26.3. The number of carbonyl (C=O) groups is 1. The molecule has 3 aromatic heterocycles. The average Bonchev–Trinajstić information content (AvgIpc) is 3.45. The van der Waals surface area contributed by atoms with Crippen LogP contribution in [0.15, 0.2) is 55.0 Å². The molecule has 196 valence electrons. The van der Waals surface area contributed by atoms with Gasteiger partial charge in [0.1, 0.15) is 12.4 Å². The lowest BCUT2D eigenvalue weighted by molar-refractivity contribution is -0.141. The van der Waals surface area contributed by atoms with E-state index in [1.54, 1.807) is 42.6 Å². The van der Waals surface area contributed by atoms with Crippen LogP contribution < -0.4 is 15.5 Å². The summed E-state index contributed by atoms with van der Waals surface area (Å²) < 4.78 is 46.5. The van der Waals surface area contributed by atoms with E-state index in [0.29, 0.717) is 41.2 Å². The van der Waals surface area contributed by atoms with Gasteiger partial charge in [0, 0.05) is 30.5 Å². The molecule has 5 heterocycles. The summed E-state index contributed by atoms with van der Waals surface area (Å²) in [4.78, 5) is 27.5. The molecule has 38 heavy (non-hydrogen) atoms. The molecule has 0 unspecified atom stereocenters. The Morgan fingerprint density at radius 2 is 1.74 bits per heavy atom. The highest BCUT2D eigenvalue weighted by Crippen LogP contribution is 2.34. The van der Waals surface area contributed by atoms with Gasteiger partial charge in [-0.1, -0.05) is 0 Å². The molecule has 0 radical (unpaired) electrons. The largest absolute Gasteiger partial charge is 0.408 e. The predicted molar refractivity (Wildman–Crippen MR) is 134 cm³/mol. The summed E-state index contributed by atoms with van der Waals surface area (Å²) in [5, 5.41) is 9.86. The van der Waals surface area contributed by atoms with Crippen molar-refractivity contribution in [2.75, 3.05) is 28.6 Å². The number of nitrogens with zero attached hydrogens (tertiary/aromatic N) is 6. The molecule has 2 amide bonds. The van der Waals surface area contributed by atoms with Crippen LogP contribution >= 0.6 is 0 Å². The van der Waals surface area contributed by atoms with E-state index in [4.69, 9.17) is 9.72 Å². The Kier molecular flexibility index (Phi) is 6.06. The number of nitrogens with one attached hydrogen (secondary N) is 2. The maximum absolute atomic E-state index is 13.2. The number of alkyl halides is 3. The van der Waals surface area contributed by atoms with Crippen molar-refractivity contribution in [2.24, 2.45) is 0 Å². The Hall–Kier alpha value is -4.26.